The maximum absolute atomic E-state index is 8.90. The number of benzene rings is 2. The topological polar surface area (TPSA) is 45.1 Å². The molecule has 0 spiro atoms. The number of nitrogens with one attached hydrogen (secondary N) is 1. The van der Waals surface area contributed by atoms with E-state index in [4.69, 9.17) is 10.1 Å². The van der Waals surface area contributed by atoms with Gasteiger partial charge in [0.05, 0.1) is 16.8 Å². The van der Waals surface area contributed by atoms with Crippen LogP contribution in [0.1, 0.15) is 22.3 Å². The fourth-order valence-electron chi connectivity index (χ4n) is 3.55. The Labute approximate surface area is 169 Å². The Bertz CT molecular complexity index is 1070. The molecule has 0 saturated heterocycles. The van der Waals surface area contributed by atoms with E-state index in [0.717, 1.165) is 24.0 Å². The third-order valence-electron chi connectivity index (χ3n) is 5.07. The Morgan fingerprint density at radius 1 is 1.04 bits per heavy atom. The lowest BCUT2D eigenvalue weighted by Crippen LogP contribution is -2.17. The van der Waals surface area contributed by atoms with E-state index in [0.29, 0.717) is 6.54 Å². The predicted molar refractivity (Wildman–Crippen MR) is 118 cm³/mol. The summed E-state index contributed by atoms with van der Waals surface area (Å²) >= 11 is 1.75. The van der Waals surface area contributed by atoms with Gasteiger partial charge in [-0.15, -0.1) is 11.3 Å². The van der Waals surface area contributed by atoms with Crippen LogP contribution in [0, 0.1) is 6.92 Å². The minimum Gasteiger partial charge on any atom is -0.395 e. The first-order valence-electron chi connectivity index (χ1n) is 9.57. The third-order valence-corrected chi connectivity index (χ3v) is 6.04. The third kappa shape index (κ3) is 3.99. The van der Waals surface area contributed by atoms with Gasteiger partial charge >= 0.3 is 0 Å². The lowest BCUT2D eigenvalue weighted by Gasteiger charge is -2.11. The molecule has 28 heavy (non-hydrogen) atoms. The van der Waals surface area contributed by atoms with Gasteiger partial charge in [0, 0.05) is 25.7 Å². The van der Waals surface area contributed by atoms with Crippen molar-refractivity contribution in [1.82, 2.24) is 10.3 Å². The van der Waals surface area contributed by atoms with E-state index in [1.807, 2.05) is 6.20 Å². The summed E-state index contributed by atoms with van der Waals surface area (Å²) < 4.78 is 1.22. The number of aliphatic hydroxyl groups excluding tert-OH is 1. The van der Waals surface area contributed by atoms with Crippen LogP contribution in [0.3, 0.4) is 0 Å². The van der Waals surface area contributed by atoms with Crippen molar-refractivity contribution in [1.29, 1.82) is 0 Å². The smallest absolute Gasteiger partial charge is 0.0845 e. The summed E-state index contributed by atoms with van der Waals surface area (Å²) in [5.41, 5.74) is 8.76. The minimum atomic E-state index is 0.153. The van der Waals surface area contributed by atoms with Crippen LogP contribution in [-0.2, 0) is 13.0 Å². The maximum Gasteiger partial charge on any atom is 0.0845 e. The molecule has 3 nitrogen and oxygen atoms in total. The number of nitrogens with zero attached hydrogens (tertiary/aromatic N) is 1. The highest BCUT2D eigenvalue weighted by molar-refractivity contribution is 7.17. The van der Waals surface area contributed by atoms with Crippen LogP contribution in [0.15, 0.2) is 66.2 Å². The summed E-state index contributed by atoms with van der Waals surface area (Å²) in [6.45, 7) is 3.70. The number of fused-ring (bicyclic) bond motifs is 1. The highest BCUT2D eigenvalue weighted by atomic mass is 32.1. The van der Waals surface area contributed by atoms with Crippen LogP contribution in [-0.4, -0.2) is 23.2 Å². The van der Waals surface area contributed by atoms with Crippen molar-refractivity contribution in [2.45, 2.75) is 19.9 Å². The Morgan fingerprint density at radius 3 is 2.71 bits per heavy atom. The molecule has 4 aromatic rings. The SMILES string of the molecule is Cc1c(Cc2csc3cc(CNCCO)cnc23)cccc1-c1ccccc1. The van der Waals surface area contributed by atoms with Crippen molar-refractivity contribution >= 4 is 21.6 Å². The standard InChI is InChI=1S/C24H24N2OS/c1-17-20(8-5-9-22(17)19-6-3-2-4-7-19)13-21-16-28-23-12-18(14-25-10-11-27)15-26-24(21)23/h2-9,12,15-16,25,27H,10-11,13-14H2,1H3. The van der Waals surface area contributed by atoms with Gasteiger partial charge in [-0.05, 0) is 51.8 Å². The molecule has 0 atom stereocenters. The van der Waals surface area contributed by atoms with Crippen LogP contribution in [0.2, 0.25) is 0 Å². The van der Waals surface area contributed by atoms with Gasteiger partial charge in [-0.3, -0.25) is 4.98 Å². The zero-order valence-corrected chi connectivity index (χ0v) is 16.8. The van der Waals surface area contributed by atoms with Crippen molar-refractivity contribution in [2.75, 3.05) is 13.2 Å². The summed E-state index contributed by atoms with van der Waals surface area (Å²) in [4.78, 5) is 4.73. The zero-order valence-electron chi connectivity index (χ0n) is 16.0. The molecule has 0 fully saturated rings. The van der Waals surface area contributed by atoms with E-state index in [-0.39, 0.29) is 6.61 Å². The average molecular weight is 389 g/mol. The van der Waals surface area contributed by atoms with Crippen molar-refractivity contribution in [3.8, 4) is 11.1 Å². The molecular weight excluding hydrogens is 364 g/mol. The Balaban J connectivity index is 1.60. The van der Waals surface area contributed by atoms with Crippen molar-refractivity contribution < 1.29 is 5.11 Å². The van der Waals surface area contributed by atoms with Crippen LogP contribution >= 0.6 is 11.3 Å². The molecular formula is C24H24N2OS. The first-order valence-corrected chi connectivity index (χ1v) is 10.4. The van der Waals surface area contributed by atoms with Crippen LogP contribution in [0.25, 0.3) is 21.3 Å². The van der Waals surface area contributed by atoms with Gasteiger partial charge in [-0.25, -0.2) is 0 Å². The summed E-state index contributed by atoms with van der Waals surface area (Å²) in [6.07, 6.45) is 2.83. The van der Waals surface area contributed by atoms with Crippen LogP contribution < -0.4 is 5.32 Å². The molecule has 0 amide bonds. The van der Waals surface area contributed by atoms with E-state index in [1.165, 1.54) is 32.5 Å². The van der Waals surface area contributed by atoms with Crippen molar-refractivity contribution in [3.63, 3.8) is 0 Å². The average Bonchev–Trinajstić information content (AvgIpc) is 3.12. The number of hydrogen-bond donors (Lipinski definition) is 2. The maximum atomic E-state index is 8.90. The number of hydrogen-bond acceptors (Lipinski definition) is 4. The lowest BCUT2D eigenvalue weighted by atomic mass is 9.93. The van der Waals surface area contributed by atoms with Gasteiger partial charge in [0.15, 0.2) is 0 Å². The van der Waals surface area contributed by atoms with Crippen LogP contribution in [0.5, 0.6) is 0 Å². The molecule has 4 heteroatoms. The van der Waals surface area contributed by atoms with Gasteiger partial charge in [-0.1, -0.05) is 48.5 Å². The van der Waals surface area contributed by atoms with E-state index in [2.05, 4.69) is 72.2 Å². The lowest BCUT2D eigenvalue weighted by molar-refractivity contribution is 0.292. The summed E-state index contributed by atoms with van der Waals surface area (Å²) in [5, 5.41) is 14.3. The van der Waals surface area contributed by atoms with E-state index >= 15 is 0 Å². The Hall–Kier alpha value is -2.53. The molecule has 0 aliphatic carbocycles. The highest BCUT2D eigenvalue weighted by Gasteiger charge is 2.11. The molecule has 4 rings (SSSR count). The predicted octanol–water partition coefficient (Wildman–Crippen LogP) is 4.94. The molecule has 0 aliphatic heterocycles. The molecule has 0 saturated carbocycles. The molecule has 0 radical (unpaired) electrons. The molecule has 0 unspecified atom stereocenters. The number of aliphatic hydroxyl groups is 1. The van der Waals surface area contributed by atoms with Gasteiger partial charge in [-0.2, -0.15) is 0 Å². The van der Waals surface area contributed by atoms with E-state index in [9.17, 15) is 0 Å². The molecule has 0 aliphatic rings. The summed E-state index contributed by atoms with van der Waals surface area (Å²) in [6, 6.07) is 19.3. The van der Waals surface area contributed by atoms with Gasteiger partial charge in [0.1, 0.15) is 0 Å². The molecule has 142 valence electrons. The fraction of sp³-hybridized carbons (Fsp3) is 0.208. The second-order valence-electron chi connectivity index (χ2n) is 6.98. The van der Waals surface area contributed by atoms with Gasteiger partial charge in [0.25, 0.3) is 0 Å². The first kappa shape index (κ1) is 18.8. The normalized spacial score (nSPS) is 11.2. The quantitative estimate of drug-likeness (QED) is 0.441. The zero-order chi connectivity index (χ0) is 19.3. The van der Waals surface area contributed by atoms with E-state index < -0.39 is 0 Å². The first-order chi connectivity index (χ1) is 13.8. The summed E-state index contributed by atoms with van der Waals surface area (Å²) in [5.74, 6) is 0. The second-order valence-corrected chi connectivity index (χ2v) is 7.90. The Morgan fingerprint density at radius 2 is 1.89 bits per heavy atom. The molecule has 2 N–H and O–H groups in total. The largest absolute Gasteiger partial charge is 0.395 e. The second kappa shape index (κ2) is 8.65. The molecule has 2 aromatic carbocycles. The number of thiophene rings is 1. The van der Waals surface area contributed by atoms with Gasteiger partial charge < -0.3 is 10.4 Å². The molecule has 0 bridgehead atoms. The monoisotopic (exact) mass is 388 g/mol. The minimum absolute atomic E-state index is 0.153. The summed E-state index contributed by atoms with van der Waals surface area (Å²) in [7, 11) is 0. The Kier molecular flexibility index (Phi) is 5.81. The van der Waals surface area contributed by atoms with Crippen LogP contribution in [0.4, 0.5) is 0 Å². The van der Waals surface area contributed by atoms with Gasteiger partial charge in [0.2, 0.25) is 0 Å². The highest BCUT2D eigenvalue weighted by Crippen LogP contribution is 2.30. The molecule has 2 heterocycles. The number of pyridine rings is 1. The number of rotatable bonds is 7. The fourth-order valence-corrected chi connectivity index (χ4v) is 4.53. The van der Waals surface area contributed by atoms with E-state index in [1.54, 1.807) is 11.3 Å². The number of aromatic nitrogens is 1. The molecule has 2 aromatic heterocycles. The van der Waals surface area contributed by atoms with Crippen molar-refractivity contribution in [2.24, 2.45) is 0 Å². The van der Waals surface area contributed by atoms with Crippen molar-refractivity contribution in [3.05, 3.63) is 88.4 Å².